The second kappa shape index (κ2) is 11.0. The zero-order valence-electron chi connectivity index (χ0n) is 23.4. The first-order valence-electron chi connectivity index (χ1n) is 13.5. The Bertz CT molecular complexity index is 1490. The number of likely N-dealkylation sites (tertiary alicyclic amines) is 1. The minimum atomic E-state index is -0.511. The Labute approximate surface area is 237 Å². The predicted octanol–water partition coefficient (Wildman–Crippen LogP) is 5.54. The molecule has 12 heteroatoms. The van der Waals surface area contributed by atoms with Gasteiger partial charge in [-0.1, -0.05) is 6.92 Å². The summed E-state index contributed by atoms with van der Waals surface area (Å²) in [6, 6.07) is 6.05. The van der Waals surface area contributed by atoms with Gasteiger partial charge in [0, 0.05) is 55.3 Å². The maximum absolute atomic E-state index is 13.7. The summed E-state index contributed by atoms with van der Waals surface area (Å²) >= 11 is 1.20. The Kier molecular flexibility index (Phi) is 7.59. The molecule has 2 aromatic heterocycles. The van der Waals surface area contributed by atoms with Crippen molar-refractivity contribution in [1.82, 2.24) is 23.9 Å². The number of imidazole rings is 1. The van der Waals surface area contributed by atoms with Crippen LogP contribution in [0.4, 0.5) is 20.1 Å². The number of nitriles is 1. The van der Waals surface area contributed by atoms with Crippen molar-refractivity contribution in [2.24, 2.45) is 11.0 Å². The lowest BCUT2D eigenvalue weighted by atomic mass is 9.89. The highest BCUT2D eigenvalue weighted by Gasteiger charge is 2.32. The van der Waals surface area contributed by atoms with Crippen LogP contribution in [0.5, 0.6) is 0 Å². The number of aromatic nitrogens is 4. The zero-order valence-corrected chi connectivity index (χ0v) is 24.3. The van der Waals surface area contributed by atoms with E-state index in [-0.39, 0.29) is 17.6 Å². The molecule has 0 saturated carbocycles. The van der Waals surface area contributed by atoms with Gasteiger partial charge in [0.2, 0.25) is 5.13 Å². The molecule has 4 heterocycles. The Balaban J connectivity index is 1.38. The molecular formula is C28H33FN8O2S. The third kappa shape index (κ3) is 5.56. The van der Waals surface area contributed by atoms with Crippen molar-refractivity contribution in [3.8, 4) is 17.5 Å². The van der Waals surface area contributed by atoms with Crippen molar-refractivity contribution in [3.63, 3.8) is 0 Å². The molecule has 210 valence electrons. The summed E-state index contributed by atoms with van der Waals surface area (Å²) in [5, 5.41) is 15.2. The van der Waals surface area contributed by atoms with Crippen LogP contribution in [-0.4, -0.2) is 61.5 Å². The molecule has 2 aliphatic rings. The van der Waals surface area contributed by atoms with Crippen LogP contribution in [0.15, 0.2) is 23.3 Å². The summed E-state index contributed by atoms with van der Waals surface area (Å²) in [5.74, 6) is 1.93. The Morgan fingerprint density at radius 2 is 2.00 bits per heavy atom. The van der Waals surface area contributed by atoms with Gasteiger partial charge in [-0.2, -0.15) is 19.7 Å². The lowest BCUT2D eigenvalue weighted by molar-refractivity contribution is 0.0201. The van der Waals surface area contributed by atoms with Crippen molar-refractivity contribution >= 4 is 34.3 Å². The summed E-state index contributed by atoms with van der Waals surface area (Å²) in [7, 11) is 1.91. The fourth-order valence-electron chi connectivity index (χ4n) is 5.12. The van der Waals surface area contributed by atoms with E-state index in [1.54, 1.807) is 4.90 Å². The number of benzene rings is 1. The molecule has 10 nitrogen and oxygen atoms in total. The van der Waals surface area contributed by atoms with E-state index in [1.165, 1.54) is 29.7 Å². The van der Waals surface area contributed by atoms with Crippen molar-refractivity contribution in [2.45, 2.75) is 65.4 Å². The van der Waals surface area contributed by atoms with Gasteiger partial charge in [0.15, 0.2) is 11.6 Å². The second-order valence-electron chi connectivity index (χ2n) is 11.1. The minimum absolute atomic E-state index is 0.190. The fraction of sp³-hybridized carbons (Fsp3) is 0.500. The topological polar surface area (TPSA) is 113 Å². The van der Waals surface area contributed by atoms with E-state index < -0.39 is 11.4 Å². The lowest BCUT2D eigenvalue weighted by Crippen LogP contribution is -2.43. The number of hydrogen-bond donors (Lipinski definition) is 0. The highest BCUT2D eigenvalue weighted by molar-refractivity contribution is 7.10. The predicted molar refractivity (Wildman–Crippen MR) is 151 cm³/mol. The van der Waals surface area contributed by atoms with Crippen LogP contribution >= 0.6 is 11.5 Å². The van der Waals surface area contributed by atoms with Gasteiger partial charge in [0.05, 0.1) is 17.3 Å². The first-order valence-corrected chi connectivity index (χ1v) is 14.3. The van der Waals surface area contributed by atoms with Gasteiger partial charge in [0.1, 0.15) is 17.2 Å². The minimum Gasteiger partial charge on any atom is -0.444 e. The zero-order chi connectivity index (χ0) is 28.6. The first kappa shape index (κ1) is 27.7. The van der Waals surface area contributed by atoms with E-state index in [9.17, 15) is 14.4 Å². The number of rotatable bonds is 5. The molecule has 2 aliphatic heterocycles. The van der Waals surface area contributed by atoms with E-state index in [0.29, 0.717) is 29.6 Å². The maximum atomic E-state index is 13.7. The molecule has 0 N–H and O–H groups in total. The number of carbonyl (C=O) groups excluding carboxylic acids is 1. The number of halogens is 1. The van der Waals surface area contributed by atoms with Crippen molar-refractivity contribution < 1.29 is 13.9 Å². The molecule has 0 radical (unpaired) electrons. The molecule has 1 amide bonds. The molecule has 1 fully saturated rings. The number of piperidine rings is 1. The third-order valence-electron chi connectivity index (χ3n) is 7.12. The molecule has 0 spiro atoms. The van der Waals surface area contributed by atoms with Gasteiger partial charge >= 0.3 is 6.09 Å². The molecule has 1 aromatic carbocycles. The molecule has 3 aromatic rings. The fourth-order valence-corrected chi connectivity index (χ4v) is 5.76. The van der Waals surface area contributed by atoms with Crippen LogP contribution in [0.1, 0.15) is 64.0 Å². The van der Waals surface area contributed by atoms with Crippen LogP contribution in [0, 0.1) is 23.1 Å². The number of fused-ring (bicyclic) bond motifs is 1. The van der Waals surface area contributed by atoms with Crippen molar-refractivity contribution in [2.75, 3.05) is 25.0 Å². The van der Waals surface area contributed by atoms with Crippen LogP contribution in [0.25, 0.3) is 11.4 Å². The second-order valence-corrected chi connectivity index (χ2v) is 11.8. The molecule has 0 bridgehead atoms. The summed E-state index contributed by atoms with van der Waals surface area (Å²) in [5.41, 5.74) is 2.20. The Hall–Kier alpha value is -3.85. The van der Waals surface area contributed by atoms with Gasteiger partial charge in [0.25, 0.3) is 0 Å². The number of nitrogens with zero attached hydrogens (tertiary/aromatic N) is 8. The van der Waals surface area contributed by atoms with E-state index >= 15 is 0 Å². The highest BCUT2D eigenvalue weighted by Crippen LogP contribution is 2.35. The summed E-state index contributed by atoms with van der Waals surface area (Å²) < 4.78 is 25.6. The van der Waals surface area contributed by atoms with E-state index in [1.807, 2.05) is 43.5 Å². The summed E-state index contributed by atoms with van der Waals surface area (Å²) in [6.07, 6.45) is 3.77. The van der Waals surface area contributed by atoms with E-state index in [0.717, 1.165) is 55.2 Å². The Morgan fingerprint density at radius 1 is 1.25 bits per heavy atom. The lowest BCUT2D eigenvalue weighted by Gasteiger charge is -2.34. The van der Waals surface area contributed by atoms with Gasteiger partial charge in [-0.05, 0) is 64.7 Å². The van der Waals surface area contributed by atoms with Gasteiger partial charge in [-0.25, -0.2) is 18.8 Å². The average Bonchev–Trinajstić information content (AvgIpc) is 3.56. The highest BCUT2D eigenvalue weighted by atomic mass is 32.1. The first-order chi connectivity index (χ1) is 19.1. The smallest absolute Gasteiger partial charge is 0.410 e. The number of carbonyl (C=O) groups is 1. The third-order valence-corrected chi connectivity index (χ3v) is 7.91. The normalized spacial score (nSPS) is 15.8. The summed E-state index contributed by atoms with van der Waals surface area (Å²) in [4.78, 5) is 25.8. The quantitative estimate of drug-likeness (QED) is 0.400. The monoisotopic (exact) mass is 564 g/mol. The number of anilines is 2. The Morgan fingerprint density at radius 3 is 2.67 bits per heavy atom. The molecule has 0 atom stereocenters. The molecule has 0 unspecified atom stereocenters. The largest absolute Gasteiger partial charge is 0.444 e. The van der Waals surface area contributed by atoms with Gasteiger partial charge < -0.3 is 14.5 Å². The van der Waals surface area contributed by atoms with Gasteiger partial charge in [-0.15, -0.1) is 0 Å². The molecule has 0 aliphatic carbocycles. The number of ether oxygens (including phenoxy) is 1. The van der Waals surface area contributed by atoms with Crippen LogP contribution < -0.4 is 4.90 Å². The molecule has 1 saturated heterocycles. The average molecular weight is 565 g/mol. The number of aryl methyl sites for hydroxylation is 2. The standard InChI is InChI=1S/C28H33FN8O2S/c1-6-21-25(35(5)26-32-24(34-40-26)20-8-7-19(29)15-18(20)16-30)37-23(31-21)10-9-22(33-37)17-11-13-36(14-12-17)27(38)39-28(2,3)4/h7-8,15,17H,6,9-14H2,1-5H3. The van der Waals surface area contributed by atoms with Crippen LogP contribution in [0.2, 0.25) is 0 Å². The maximum Gasteiger partial charge on any atom is 0.410 e. The molecule has 40 heavy (non-hydrogen) atoms. The summed E-state index contributed by atoms with van der Waals surface area (Å²) in [6.45, 7) is 8.99. The number of amides is 1. The van der Waals surface area contributed by atoms with Gasteiger partial charge in [-0.3, -0.25) is 0 Å². The molecule has 5 rings (SSSR count). The van der Waals surface area contributed by atoms with E-state index in [2.05, 4.69) is 16.3 Å². The van der Waals surface area contributed by atoms with E-state index in [4.69, 9.17) is 14.8 Å². The van der Waals surface area contributed by atoms with Crippen LogP contribution in [-0.2, 0) is 17.6 Å². The molecular weight excluding hydrogens is 531 g/mol. The van der Waals surface area contributed by atoms with Crippen molar-refractivity contribution in [3.05, 3.63) is 41.1 Å². The van der Waals surface area contributed by atoms with Crippen LogP contribution in [0.3, 0.4) is 0 Å². The van der Waals surface area contributed by atoms with Crippen molar-refractivity contribution in [1.29, 1.82) is 5.26 Å². The SMILES string of the molecule is CCc1nc2n(c1N(C)c1nc(-c3ccc(F)cc3C#N)ns1)N=C(C1CCN(C(=O)OC(C)(C)C)CC1)CC2. The number of hydrogen-bond acceptors (Lipinski definition) is 9.